The number of rotatable bonds is 6. The third-order valence-corrected chi connectivity index (χ3v) is 5.44. The Labute approximate surface area is 167 Å². The predicted octanol–water partition coefficient (Wildman–Crippen LogP) is 3.96. The van der Waals surface area contributed by atoms with Gasteiger partial charge in [-0.3, -0.25) is 4.40 Å². The lowest BCUT2D eigenvalue weighted by atomic mass is 10.1. The first-order valence-electron chi connectivity index (χ1n) is 9.66. The number of hydrogen-bond acceptors (Lipinski definition) is 4. The second kappa shape index (κ2) is 6.93. The summed E-state index contributed by atoms with van der Waals surface area (Å²) in [6.07, 6.45) is 7.66. The molecule has 5 aromatic rings. The lowest BCUT2D eigenvalue weighted by molar-refractivity contribution is 0.194. The van der Waals surface area contributed by atoms with Crippen LogP contribution in [0.1, 0.15) is 12.2 Å². The summed E-state index contributed by atoms with van der Waals surface area (Å²) < 4.78 is 14.9. The van der Waals surface area contributed by atoms with Gasteiger partial charge in [0.2, 0.25) is 0 Å². The summed E-state index contributed by atoms with van der Waals surface area (Å²) in [5.41, 5.74) is 6.17. The van der Waals surface area contributed by atoms with Crippen molar-refractivity contribution in [3.8, 4) is 17.0 Å². The van der Waals surface area contributed by atoms with Gasteiger partial charge in [-0.15, -0.1) is 0 Å². The number of hydrogen-bond donors (Lipinski definition) is 1. The van der Waals surface area contributed by atoms with E-state index < -0.39 is 0 Å². The fraction of sp³-hybridized carbons (Fsp3) is 0.273. The second-order valence-corrected chi connectivity index (χ2v) is 7.24. The molecule has 0 saturated heterocycles. The largest absolute Gasteiger partial charge is 0.497 e. The lowest BCUT2D eigenvalue weighted by Crippen LogP contribution is -1.99. The molecule has 0 unspecified atom stereocenters. The number of fused-ring (bicyclic) bond motifs is 4. The highest BCUT2D eigenvalue weighted by Gasteiger charge is 2.15. The Hall–Kier alpha value is -3.32. The maximum atomic E-state index is 5.44. The van der Waals surface area contributed by atoms with E-state index in [0.29, 0.717) is 0 Å². The Morgan fingerprint density at radius 2 is 1.93 bits per heavy atom. The molecule has 148 valence electrons. The summed E-state index contributed by atoms with van der Waals surface area (Å²) in [4.78, 5) is 12.7. The van der Waals surface area contributed by atoms with Gasteiger partial charge in [0.25, 0.3) is 0 Å². The average molecular weight is 389 g/mol. The number of nitrogens with zero attached hydrogens (tertiary/aromatic N) is 4. The molecule has 0 amide bonds. The van der Waals surface area contributed by atoms with Crippen molar-refractivity contribution in [1.29, 1.82) is 0 Å². The molecule has 7 nitrogen and oxygen atoms in total. The average Bonchev–Trinajstić information content (AvgIpc) is 3.43. The van der Waals surface area contributed by atoms with Crippen LogP contribution in [0.2, 0.25) is 0 Å². The molecule has 5 rings (SSSR count). The fourth-order valence-electron chi connectivity index (χ4n) is 4.02. The van der Waals surface area contributed by atoms with Gasteiger partial charge in [0.05, 0.1) is 36.2 Å². The first kappa shape index (κ1) is 17.8. The van der Waals surface area contributed by atoms with Crippen molar-refractivity contribution >= 4 is 27.6 Å². The van der Waals surface area contributed by atoms with E-state index >= 15 is 0 Å². The molecule has 7 heteroatoms. The van der Waals surface area contributed by atoms with Gasteiger partial charge in [0, 0.05) is 49.8 Å². The fourth-order valence-corrected chi connectivity index (χ4v) is 4.02. The Morgan fingerprint density at radius 3 is 2.76 bits per heavy atom. The van der Waals surface area contributed by atoms with Gasteiger partial charge in [0.15, 0.2) is 5.65 Å². The molecule has 1 N–H and O–H groups in total. The Bertz CT molecular complexity index is 1330. The van der Waals surface area contributed by atoms with Gasteiger partial charge in [-0.05, 0) is 30.7 Å². The minimum absolute atomic E-state index is 0.722. The minimum Gasteiger partial charge on any atom is -0.497 e. The normalized spacial score (nSPS) is 11.8. The highest BCUT2D eigenvalue weighted by Crippen LogP contribution is 2.34. The van der Waals surface area contributed by atoms with E-state index in [0.717, 1.165) is 69.9 Å². The molecule has 0 atom stereocenters. The van der Waals surface area contributed by atoms with E-state index in [-0.39, 0.29) is 0 Å². The highest BCUT2D eigenvalue weighted by molar-refractivity contribution is 5.98. The SMILES string of the molecule is COCCCc1ncc2cnc3[nH]c(-c4cn(C)c5ccc(OC)cc45)cc3n12. The summed E-state index contributed by atoms with van der Waals surface area (Å²) in [6, 6.07) is 8.30. The second-order valence-electron chi connectivity index (χ2n) is 7.24. The number of aryl methyl sites for hydroxylation is 2. The summed E-state index contributed by atoms with van der Waals surface area (Å²) in [7, 11) is 5.47. The first-order valence-corrected chi connectivity index (χ1v) is 9.66. The van der Waals surface area contributed by atoms with Gasteiger partial charge in [0.1, 0.15) is 11.6 Å². The standard InChI is InChI=1S/C22H23N5O2/c1-26-13-17(16-9-15(29-3)6-7-19(16)26)18-10-20-22(25-18)24-12-14-11-23-21(27(14)20)5-4-8-28-2/h6-7,9-13,25H,4-5,8H2,1-3H3. The van der Waals surface area contributed by atoms with Gasteiger partial charge >= 0.3 is 0 Å². The lowest BCUT2D eigenvalue weighted by Gasteiger charge is -2.02. The topological polar surface area (TPSA) is 69.4 Å². The molecule has 0 saturated carbocycles. The van der Waals surface area contributed by atoms with Crippen LogP contribution < -0.4 is 4.74 Å². The number of aromatic nitrogens is 5. The third-order valence-electron chi connectivity index (χ3n) is 5.44. The molecule has 4 aromatic heterocycles. The van der Waals surface area contributed by atoms with Crippen molar-refractivity contribution in [2.24, 2.45) is 7.05 Å². The van der Waals surface area contributed by atoms with Gasteiger partial charge in [-0.25, -0.2) is 9.97 Å². The van der Waals surface area contributed by atoms with Gasteiger partial charge in [-0.2, -0.15) is 0 Å². The summed E-state index contributed by atoms with van der Waals surface area (Å²) in [6.45, 7) is 0.722. The number of imidazole rings is 1. The molecule has 0 aliphatic rings. The quantitative estimate of drug-likeness (QED) is 0.446. The molecule has 29 heavy (non-hydrogen) atoms. The van der Waals surface area contributed by atoms with Crippen LogP contribution in [0.25, 0.3) is 38.8 Å². The van der Waals surface area contributed by atoms with Crippen LogP contribution in [0, 0.1) is 0 Å². The Kier molecular flexibility index (Phi) is 4.24. The number of H-pyrrole nitrogens is 1. The van der Waals surface area contributed by atoms with Crippen LogP contribution in [0.5, 0.6) is 5.75 Å². The van der Waals surface area contributed by atoms with E-state index in [2.05, 4.69) is 55.4 Å². The van der Waals surface area contributed by atoms with Crippen molar-refractivity contribution in [2.75, 3.05) is 20.8 Å². The van der Waals surface area contributed by atoms with E-state index in [4.69, 9.17) is 9.47 Å². The Morgan fingerprint density at radius 1 is 1.07 bits per heavy atom. The molecular formula is C22H23N5O2. The van der Waals surface area contributed by atoms with E-state index in [1.54, 1.807) is 14.2 Å². The van der Waals surface area contributed by atoms with Crippen molar-refractivity contribution < 1.29 is 9.47 Å². The zero-order valence-electron chi connectivity index (χ0n) is 16.8. The van der Waals surface area contributed by atoms with Crippen LogP contribution >= 0.6 is 0 Å². The van der Waals surface area contributed by atoms with Crippen LogP contribution in [0.3, 0.4) is 0 Å². The monoisotopic (exact) mass is 389 g/mol. The minimum atomic E-state index is 0.722. The van der Waals surface area contributed by atoms with Crippen molar-refractivity contribution in [3.63, 3.8) is 0 Å². The predicted molar refractivity (Wildman–Crippen MR) is 114 cm³/mol. The number of aromatic amines is 1. The van der Waals surface area contributed by atoms with Gasteiger partial charge < -0.3 is 19.0 Å². The highest BCUT2D eigenvalue weighted by atomic mass is 16.5. The zero-order valence-corrected chi connectivity index (χ0v) is 16.8. The molecule has 0 bridgehead atoms. The van der Waals surface area contributed by atoms with Crippen LogP contribution in [-0.2, 0) is 18.2 Å². The van der Waals surface area contributed by atoms with Crippen LogP contribution in [0.15, 0.2) is 42.9 Å². The molecule has 0 radical (unpaired) electrons. The summed E-state index contributed by atoms with van der Waals surface area (Å²) >= 11 is 0. The third kappa shape index (κ3) is 2.86. The number of ether oxygens (including phenoxy) is 2. The summed E-state index contributed by atoms with van der Waals surface area (Å²) in [5.74, 6) is 1.87. The van der Waals surface area contributed by atoms with Crippen molar-refractivity contribution in [3.05, 3.63) is 48.7 Å². The molecule has 0 aliphatic heterocycles. The van der Waals surface area contributed by atoms with E-state index in [1.165, 1.54) is 0 Å². The van der Waals surface area contributed by atoms with Crippen LogP contribution in [-0.4, -0.2) is 44.7 Å². The summed E-state index contributed by atoms with van der Waals surface area (Å²) in [5, 5.41) is 1.14. The Balaban J connectivity index is 1.68. The number of benzene rings is 1. The van der Waals surface area contributed by atoms with E-state index in [9.17, 15) is 0 Å². The number of methoxy groups -OCH3 is 2. The van der Waals surface area contributed by atoms with Crippen molar-refractivity contribution in [2.45, 2.75) is 12.8 Å². The maximum absolute atomic E-state index is 5.44. The molecule has 1 aromatic carbocycles. The molecule has 0 aliphatic carbocycles. The molecular weight excluding hydrogens is 366 g/mol. The van der Waals surface area contributed by atoms with Gasteiger partial charge in [-0.1, -0.05) is 0 Å². The maximum Gasteiger partial charge on any atom is 0.154 e. The van der Waals surface area contributed by atoms with Crippen LogP contribution in [0.4, 0.5) is 0 Å². The van der Waals surface area contributed by atoms with Crippen molar-refractivity contribution in [1.82, 2.24) is 23.9 Å². The zero-order chi connectivity index (χ0) is 20.0. The molecule has 4 heterocycles. The smallest absolute Gasteiger partial charge is 0.154 e. The molecule has 0 fully saturated rings. The van der Waals surface area contributed by atoms with E-state index in [1.807, 2.05) is 18.5 Å². The molecule has 0 spiro atoms. The first-order chi connectivity index (χ1) is 14.2. The number of nitrogens with one attached hydrogen (secondary N) is 1.